The second-order valence-electron chi connectivity index (χ2n) is 6.36. The van der Waals surface area contributed by atoms with Gasteiger partial charge in [0.2, 0.25) is 5.89 Å². The Balaban J connectivity index is 1.41. The molecule has 1 fully saturated rings. The molecule has 0 aliphatic carbocycles. The predicted octanol–water partition coefficient (Wildman–Crippen LogP) is 3.08. The van der Waals surface area contributed by atoms with Gasteiger partial charge in [-0.15, -0.1) is 11.3 Å². The number of thiophene rings is 1. The van der Waals surface area contributed by atoms with E-state index in [0.717, 1.165) is 18.8 Å². The van der Waals surface area contributed by atoms with E-state index in [-0.39, 0.29) is 0 Å². The fraction of sp³-hybridized carbons (Fsp3) is 0.647. The minimum atomic E-state index is 0.431. The molecule has 1 N–H and O–H groups in total. The minimum Gasteiger partial charge on any atom is -0.338 e. The van der Waals surface area contributed by atoms with Gasteiger partial charge in [-0.1, -0.05) is 24.1 Å². The molecule has 0 bridgehead atoms. The maximum absolute atomic E-state index is 5.34. The molecule has 3 rings (SSSR count). The Hall–Kier alpha value is -1.24. The van der Waals surface area contributed by atoms with E-state index in [9.17, 15) is 0 Å². The van der Waals surface area contributed by atoms with Crippen molar-refractivity contribution in [2.24, 2.45) is 0 Å². The zero-order valence-corrected chi connectivity index (χ0v) is 14.6. The van der Waals surface area contributed by atoms with E-state index in [1.807, 2.05) is 6.07 Å². The Labute approximate surface area is 142 Å². The van der Waals surface area contributed by atoms with Crippen molar-refractivity contribution in [2.75, 3.05) is 19.6 Å². The molecule has 0 amide bonds. The molecule has 126 valence electrons. The molecule has 0 aromatic carbocycles. The fourth-order valence-electron chi connectivity index (χ4n) is 3.03. The molecule has 1 saturated heterocycles. The molecule has 2 aromatic heterocycles. The van der Waals surface area contributed by atoms with Crippen LogP contribution in [0.4, 0.5) is 0 Å². The highest BCUT2D eigenvalue weighted by atomic mass is 32.1. The molecular weight excluding hydrogens is 308 g/mol. The van der Waals surface area contributed by atoms with Crippen LogP contribution in [0, 0.1) is 0 Å². The van der Waals surface area contributed by atoms with Crippen molar-refractivity contribution >= 4 is 11.3 Å². The van der Waals surface area contributed by atoms with E-state index in [4.69, 9.17) is 4.52 Å². The highest BCUT2D eigenvalue weighted by molar-refractivity contribution is 7.09. The van der Waals surface area contributed by atoms with E-state index >= 15 is 0 Å². The summed E-state index contributed by atoms with van der Waals surface area (Å²) >= 11 is 1.72. The summed E-state index contributed by atoms with van der Waals surface area (Å²) in [5, 5.41) is 9.64. The van der Waals surface area contributed by atoms with Crippen molar-refractivity contribution in [1.29, 1.82) is 0 Å². The highest BCUT2D eigenvalue weighted by Crippen LogP contribution is 2.13. The number of hydrogen-bond donors (Lipinski definition) is 1. The number of aromatic nitrogens is 2. The van der Waals surface area contributed by atoms with Crippen LogP contribution in [0.15, 0.2) is 22.0 Å². The van der Waals surface area contributed by atoms with Crippen molar-refractivity contribution in [1.82, 2.24) is 20.4 Å². The van der Waals surface area contributed by atoms with Crippen LogP contribution in [0.5, 0.6) is 0 Å². The molecule has 0 spiro atoms. The second kappa shape index (κ2) is 8.57. The van der Waals surface area contributed by atoms with Crippen LogP contribution in [0.2, 0.25) is 0 Å². The van der Waals surface area contributed by atoms with E-state index in [2.05, 4.69) is 38.7 Å². The summed E-state index contributed by atoms with van der Waals surface area (Å²) in [6.45, 7) is 6.44. The Morgan fingerprint density at radius 3 is 2.87 bits per heavy atom. The van der Waals surface area contributed by atoms with Crippen LogP contribution in [0.3, 0.4) is 0 Å². The van der Waals surface area contributed by atoms with Gasteiger partial charge in [-0.25, -0.2) is 0 Å². The Morgan fingerprint density at radius 2 is 2.13 bits per heavy atom. The molecule has 2 aromatic rings. The molecule has 1 aliphatic heterocycles. The van der Waals surface area contributed by atoms with Crippen LogP contribution in [0.25, 0.3) is 0 Å². The average Bonchev–Trinajstić information content (AvgIpc) is 3.14. The Kier molecular flexibility index (Phi) is 6.19. The van der Waals surface area contributed by atoms with Gasteiger partial charge in [-0.2, -0.15) is 4.98 Å². The number of rotatable bonds is 7. The Morgan fingerprint density at radius 1 is 1.30 bits per heavy atom. The van der Waals surface area contributed by atoms with Gasteiger partial charge >= 0.3 is 0 Å². The van der Waals surface area contributed by atoms with Crippen molar-refractivity contribution in [2.45, 2.75) is 51.6 Å². The van der Waals surface area contributed by atoms with Gasteiger partial charge < -0.3 is 14.7 Å². The summed E-state index contributed by atoms with van der Waals surface area (Å²) in [6.07, 6.45) is 6.19. The SMILES string of the molecule is CC(CN1CCCCCC1)NCc1nc(Cc2cccs2)no1. The van der Waals surface area contributed by atoms with E-state index in [1.165, 1.54) is 43.6 Å². The van der Waals surface area contributed by atoms with Crippen LogP contribution < -0.4 is 5.32 Å². The van der Waals surface area contributed by atoms with Gasteiger partial charge in [0, 0.05) is 23.9 Å². The number of nitrogens with one attached hydrogen (secondary N) is 1. The van der Waals surface area contributed by atoms with Crippen LogP contribution >= 0.6 is 11.3 Å². The fourth-order valence-corrected chi connectivity index (χ4v) is 3.74. The van der Waals surface area contributed by atoms with E-state index in [1.54, 1.807) is 11.3 Å². The minimum absolute atomic E-state index is 0.431. The number of nitrogens with zero attached hydrogens (tertiary/aromatic N) is 3. The lowest BCUT2D eigenvalue weighted by Gasteiger charge is -2.24. The Bertz CT molecular complexity index is 561. The maximum atomic E-state index is 5.34. The lowest BCUT2D eigenvalue weighted by Crippen LogP contribution is -2.39. The first-order valence-electron chi connectivity index (χ1n) is 8.59. The molecular formula is C17H26N4OS. The van der Waals surface area contributed by atoms with E-state index < -0.39 is 0 Å². The summed E-state index contributed by atoms with van der Waals surface area (Å²) in [5.41, 5.74) is 0. The summed E-state index contributed by atoms with van der Waals surface area (Å²) in [4.78, 5) is 8.31. The molecule has 3 heterocycles. The topological polar surface area (TPSA) is 54.2 Å². The smallest absolute Gasteiger partial charge is 0.240 e. The van der Waals surface area contributed by atoms with Gasteiger partial charge in [0.05, 0.1) is 6.54 Å². The molecule has 23 heavy (non-hydrogen) atoms. The van der Waals surface area contributed by atoms with E-state index in [0.29, 0.717) is 18.5 Å². The molecule has 1 unspecified atom stereocenters. The zero-order chi connectivity index (χ0) is 15.9. The van der Waals surface area contributed by atoms with Crippen LogP contribution in [-0.2, 0) is 13.0 Å². The monoisotopic (exact) mass is 334 g/mol. The molecule has 6 heteroatoms. The summed E-state index contributed by atoms with van der Waals surface area (Å²) in [5.74, 6) is 1.45. The normalized spacial score (nSPS) is 18.0. The van der Waals surface area contributed by atoms with Gasteiger partial charge in [-0.05, 0) is 44.3 Å². The molecule has 0 radical (unpaired) electrons. The van der Waals surface area contributed by atoms with Crippen molar-refractivity contribution in [3.63, 3.8) is 0 Å². The number of hydrogen-bond acceptors (Lipinski definition) is 6. The molecule has 0 saturated carbocycles. The van der Waals surface area contributed by atoms with Gasteiger partial charge in [0.1, 0.15) is 0 Å². The largest absolute Gasteiger partial charge is 0.338 e. The standard InChI is InChI=1S/C17H26N4OS/c1-14(13-21-8-4-2-3-5-9-21)18-12-17-19-16(20-22-17)11-15-7-6-10-23-15/h6-7,10,14,18H,2-5,8-9,11-13H2,1H3. The second-order valence-corrected chi connectivity index (χ2v) is 7.39. The first-order chi connectivity index (χ1) is 11.3. The van der Waals surface area contributed by atoms with Crippen molar-refractivity contribution in [3.8, 4) is 0 Å². The number of likely N-dealkylation sites (tertiary alicyclic amines) is 1. The lowest BCUT2D eigenvalue weighted by molar-refractivity contribution is 0.251. The first kappa shape index (κ1) is 16.6. The van der Waals surface area contributed by atoms with Crippen molar-refractivity contribution < 1.29 is 4.52 Å². The molecule has 1 aliphatic rings. The van der Waals surface area contributed by atoms with Gasteiger partial charge in [0.25, 0.3) is 0 Å². The van der Waals surface area contributed by atoms with Crippen LogP contribution in [0.1, 0.15) is 49.2 Å². The summed E-state index contributed by atoms with van der Waals surface area (Å²) in [6, 6.07) is 4.58. The van der Waals surface area contributed by atoms with Gasteiger partial charge in [0.15, 0.2) is 5.82 Å². The molecule has 5 nitrogen and oxygen atoms in total. The summed E-state index contributed by atoms with van der Waals surface area (Å²) < 4.78 is 5.34. The molecule has 1 atom stereocenters. The predicted molar refractivity (Wildman–Crippen MR) is 92.6 cm³/mol. The third-order valence-corrected chi connectivity index (χ3v) is 5.13. The zero-order valence-electron chi connectivity index (χ0n) is 13.8. The third-order valence-electron chi connectivity index (χ3n) is 4.26. The first-order valence-corrected chi connectivity index (χ1v) is 9.47. The maximum Gasteiger partial charge on any atom is 0.240 e. The third kappa shape index (κ3) is 5.41. The van der Waals surface area contributed by atoms with Gasteiger partial charge in [-0.3, -0.25) is 0 Å². The quantitative estimate of drug-likeness (QED) is 0.843. The van der Waals surface area contributed by atoms with Crippen LogP contribution in [-0.4, -0.2) is 40.7 Å². The average molecular weight is 334 g/mol. The lowest BCUT2D eigenvalue weighted by atomic mass is 10.2. The van der Waals surface area contributed by atoms with Crippen molar-refractivity contribution in [3.05, 3.63) is 34.1 Å². The summed E-state index contributed by atoms with van der Waals surface area (Å²) in [7, 11) is 0. The highest BCUT2D eigenvalue weighted by Gasteiger charge is 2.13.